The van der Waals surface area contributed by atoms with Crippen molar-refractivity contribution >= 4 is 22.7 Å². The van der Waals surface area contributed by atoms with Crippen LogP contribution in [0.2, 0.25) is 0 Å². The van der Waals surface area contributed by atoms with E-state index >= 15 is 0 Å². The summed E-state index contributed by atoms with van der Waals surface area (Å²) in [6.07, 6.45) is 0.949. The zero-order valence-corrected chi connectivity index (χ0v) is 12.2. The third-order valence-corrected chi connectivity index (χ3v) is 3.23. The molecule has 0 aliphatic heterocycles. The van der Waals surface area contributed by atoms with Gasteiger partial charge in [-0.05, 0) is 31.0 Å². The minimum absolute atomic E-state index is 0.233. The topological polar surface area (TPSA) is 42.4 Å². The smallest absolute Gasteiger partial charge is 0.325 e. The highest BCUT2D eigenvalue weighted by Crippen LogP contribution is 2.23. The lowest BCUT2D eigenvalue weighted by Crippen LogP contribution is -2.32. The normalized spacial score (nSPS) is 10.6. The summed E-state index contributed by atoms with van der Waals surface area (Å²) < 4.78 is 4.77. The fourth-order valence-electron chi connectivity index (χ4n) is 2.28. The summed E-state index contributed by atoms with van der Waals surface area (Å²) in [5.74, 6) is 0.615. The van der Waals surface area contributed by atoms with E-state index in [0.29, 0.717) is 0 Å². The number of ether oxygens (including phenoxy) is 1. The molecular weight excluding hydrogens is 252 g/mol. The summed E-state index contributed by atoms with van der Waals surface area (Å²) >= 11 is 0. The number of pyridine rings is 1. The van der Waals surface area contributed by atoms with Crippen LogP contribution in [0.4, 0.5) is 5.82 Å². The van der Waals surface area contributed by atoms with Crippen LogP contribution in [0.15, 0.2) is 30.3 Å². The third-order valence-electron chi connectivity index (χ3n) is 3.23. The Morgan fingerprint density at radius 3 is 2.80 bits per heavy atom. The van der Waals surface area contributed by atoms with Gasteiger partial charge in [0.05, 0.1) is 12.6 Å². The number of rotatable bonds is 5. The number of hydrogen-bond acceptors (Lipinski definition) is 4. The van der Waals surface area contributed by atoms with E-state index in [1.807, 2.05) is 36.1 Å². The molecule has 1 aromatic carbocycles. The molecule has 0 aliphatic carbocycles. The van der Waals surface area contributed by atoms with Crippen LogP contribution in [0, 0.1) is 6.92 Å². The maximum absolute atomic E-state index is 11.6. The number of hydrogen-bond donors (Lipinski definition) is 0. The summed E-state index contributed by atoms with van der Waals surface area (Å²) in [6.45, 7) is 5.12. The lowest BCUT2D eigenvalue weighted by Gasteiger charge is -2.24. The van der Waals surface area contributed by atoms with Gasteiger partial charge in [0, 0.05) is 11.9 Å². The fraction of sp³-hybridized carbons (Fsp3) is 0.375. The Balaban J connectivity index is 2.41. The maximum Gasteiger partial charge on any atom is 0.325 e. The number of aryl methyl sites for hydroxylation is 1. The first-order valence-electron chi connectivity index (χ1n) is 6.84. The monoisotopic (exact) mass is 272 g/mol. The summed E-state index contributed by atoms with van der Waals surface area (Å²) in [6, 6.07) is 10.1. The van der Waals surface area contributed by atoms with Gasteiger partial charge in [-0.3, -0.25) is 4.79 Å². The van der Waals surface area contributed by atoms with Crippen molar-refractivity contribution in [3.8, 4) is 0 Å². The summed E-state index contributed by atoms with van der Waals surface area (Å²) in [5, 5.41) is 1.11. The van der Waals surface area contributed by atoms with E-state index in [2.05, 4.69) is 13.0 Å². The lowest BCUT2D eigenvalue weighted by atomic mass is 10.1. The molecule has 1 heterocycles. The van der Waals surface area contributed by atoms with Crippen LogP contribution in [-0.4, -0.2) is 31.2 Å². The van der Waals surface area contributed by atoms with E-state index in [0.717, 1.165) is 35.2 Å². The van der Waals surface area contributed by atoms with Gasteiger partial charge in [-0.1, -0.05) is 25.1 Å². The molecule has 0 bridgehead atoms. The Hall–Kier alpha value is -2.10. The zero-order chi connectivity index (χ0) is 14.5. The van der Waals surface area contributed by atoms with E-state index in [4.69, 9.17) is 9.72 Å². The van der Waals surface area contributed by atoms with Gasteiger partial charge in [0.15, 0.2) is 0 Å². The van der Waals surface area contributed by atoms with E-state index in [1.54, 1.807) is 0 Å². The van der Waals surface area contributed by atoms with Crippen molar-refractivity contribution in [2.45, 2.75) is 20.3 Å². The molecule has 0 aliphatic rings. The van der Waals surface area contributed by atoms with Crippen LogP contribution in [0.1, 0.15) is 18.9 Å². The molecule has 106 valence electrons. The van der Waals surface area contributed by atoms with Crippen molar-refractivity contribution in [1.82, 2.24) is 4.98 Å². The van der Waals surface area contributed by atoms with Crippen molar-refractivity contribution in [3.63, 3.8) is 0 Å². The molecule has 4 nitrogen and oxygen atoms in total. The molecule has 0 amide bonds. The van der Waals surface area contributed by atoms with Gasteiger partial charge in [0.25, 0.3) is 0 Å². The van der Waals surface area contributed by atoms with Gasteiger partial charge in [-0.25, -0.2) is 4.98 Å². The number of anilines is 1. The zero-order valence-electron chi connectivity index (χ0n) is 12.2. The van der Waals surface area contributed by atoms with Gasteiger partial charge in [-0.2, -0.15) is 0 Å². The van der Waals surface area contributed by atoms with Crippen LogP contribution in [0.5, 0.6) is 0 Å². The van der Waals surface area contributed by atoms with Gasteiger partial charge in [0.2, 0.25) is 0 Å². The van der Waals surface area contributed by atoms with E-state index in [1.165, 1.54) is 7.11 Å². The first kappa shape index (κ1) is 14.3. The number of carbonyl (C=O) groups is 1. The van der Waals surface area contributed by atoms with E-state index in [-0.39, 0.29) is 12.5 Å². The summed E-state index contributed by atoms with van der Waals surface area (Å²) in [5.41, 5.74) is 2.01. The van der Waals surface area contributed by atoms with Crippen molar-refractivity contribution in [3.05, 3.63) is 35.9 Å². The molecule has 1 aromatic heterocycles. The highest BCUT2D eigenvalue weighted by Gasteiger charge is 2.15. The molecule has 0 radical (unpaired) electrons. The van der Waals surface area contributed by atoms with E-state index < -0.39 is 0 Å². The largest absolute Gasteiger partial charge is 0.468 e. The number of esters is 1. The number of methoxy groups -OCH3 is 1. The average molecular weight is 272 g/mol. The molecule has 2 aromatic rings. The molecule has 0 saturated heterocycles. The fourth-order valence-corrected chi connectivity index (χ4v) is 2.28. The predicted molar refractivity (Wildman–Crippen MR) is 81.0 cm³/mol. The Morgan fingerprint density at radius 1 is 1.35 bits per heavy atom. The molecule has 20 heavy (non-hydrogen) atoms. The summed E-state index contributed by atoms with van der Waals surface area (Å²) in [7, 11) is 1.41. The second kappa shape index (κ2) is 6.37. The molecular formula is C16H20N2O2. The third kappa shape index (κ3) is 3.07. The number of nitrogens with zero attached hydrogens (tertiary/aromatic N) is 2. The Bertz CT molecular complexity index is 610. The van der Waals surface area contributed by atoms with Crippen molar-refractivity contribution in [1.29, 1.82) is 0 Å². The first-order valence-corrected chi connectivity index (χ1v) is 6.84. The Labute approximate surface area is 119 Å². The van der Waals surface area contributed by atoms with Crippen molar-refractivity contribution in [2.24, 2.45) is 0 Å². The second-order valence-electron chi connectivity index (χ2n) is 4.82. The molecule has 2 rings (SSSR count). The van der Waals surface area contributed by atoms with Crippen LogP contribution >= 0.6 is 0 Å². The average Bonchev–Trinajstić information content (AvgIpc) is 2.46. The minimum atomic E-state index is -0.243. The highest BCUT2D eigenvalue weighted by molar-refractivity contribution is 5.83. The quantitative estimate of drug-likeness (QED) is 0.785. The van der Waals surface area contributed by atoms with E-state index in [9.17, 15) is 4.79 Å². The van der Waals surface area contributed by atoms with Crippen LogP contribution < -0.4 is 4.90 Å². The maximum atomic E-state index is 11.6. The van der Waals surface area contributed by atoms with Crippen molar-refractivity contribution in [2.75, 3.05) is 25.1 Å². The molecule has 0 fully saturated rings. The van der Waals surface area contributed by atoms with Crippen LogP contribution in [0.3, 0.4) is 0 Å². The Morgan fingerprint density at radius 2 is 2.10 bits per heavy atom. The molecule has 0 atom stereocenters. The second-order valence-corrected chi connectivity index (χ2v) is 4.82. The van der Waals surface area contributed by atoms with Crippen LogP contribution in [-0.2, 0) is 9.53 Å². The Kier molecular flexibility index (Phi) is 4.56. The molecule has 4 heteroatoms. The lowest BCUT2D eigenvalue weighted by molar-refractivity contribution is -0.138. The van der Waals surface area contributed by atoms with Gasteiger partial charge in [-0.15, -0.1) is 0 Å². The number of carbonyl (C=O) groups excluding carboxylic acids is 1. The first-order chi connectivity index (χ1) is 9.65. The predicted octanol–water partition coefficient (Wildman–Crippen LogP) is 2.93. The van der Waals surface area contributed by atoms with Gasteiger partial charge in [0.1, 0.15) is 12.4 Å². The number of benzene rings is 1. The highest BCUT2D eigenvalue weighted by atomic mass is 16.5. The van der Waals surface area contributed by atoms with Crippen molar-refractivity contribution < 1.29 is 9.53 Å². The molecule has 0 N–H and O–H groups in total. The number of para-hydroxylation sites is 1. The van der Waals surface area contributed by atoms with Gasteiger partial charge < -0.3 is 9.64 Å². The summed E-state index contributed by atoms with van der Waals surface area (Å²) in [4.78, 5) is 18.2. The molecule has 0 spiro atoms. The number of fused-ring (bicyclic) bond motifs is 1. The van der Waals surface area contributed by atoms with Crippen LogP contribution in [0.25, 0.3) is 10.9 Å². The SMILES string of the molecule is CCCN(CC(=O)OC)c1nc2ccccc2cc1C. The van der Waals surface area contributed by atoms with Gasteiger partial charge >= 0.3 is 5.97 Å². The number of aromatic nitrogens is 1. The molecule has 0 unspecified atom stereocenters. The molecule has 0 saturated carbocycles. The minimum Gasteiger partial charge on any atom is -0.468 e. The standard InChI is InChI=1S/C16H20N2O2/c1-4-9-18(11-15(19)20-3)16-12(2)10-13-7-5-6-8-14(13)17-16/h5-8,10H,4,9,11H2,1-3H3.